The standard InChI is InChI=1S/C17H17N3O3/c1-18-17(21)12-23-15-6-4-5-14(9-15)22-11-13-10-20-8-3-2-7-16(20)19-13/h2-10H,11-12H2,1H3,(H,18,21). The average molecular weight is 311 g/mol. The summed E-state index contributed by atoms with van der Waals surface area (Å²) < 4.78 is 13.1. The third-order valence-electron chi connectivity index (χ3n) is 3.25. The summed E-state index contributed by atoms with van der Waals surface area (Å²) in [5, 5.41) is 2.50. The second kappa shape index (κ2) is 6.83. The van der Waals surface area contributed by atoms with Crippen LogP contribution in [0.5, 0.6) is 11.5 Å². The number of nitrogens with one attached hydrogen (secondary N) is 1. The van der Waals surface area contributed by atoms with E-state index in [0.717, 1.165) is 11.3 Å². The third-order valence-corrected chi connectivity index (χ3v) is 3.25. The highest BCUT2D eigenvalue weighted by molar-refractivity contribution is 5.77. The number of ether oxygens (including phenoxy) is 2. The molecule has 2 heterocycles. The van der Waals surface area contributed by atoms with Crippen molar-refractivity contribution in [2.24, 2.45) is 0 Å². The highest BCUT2D eigenvalue weighted by Crippen LogP contribution is 2.20. The summed E-state index contributed by atoms with van der Waals surface area (Å²) in [5.41, 5.74) is 1.72. The molecule has 0 radical (unpaired) electrons. The summed E-state index contributed by atoms with van der Waals surface area (Å²) in [7, 11) is 1.57. The van der Waals surface area contributed by atoms with E-state index in [1.165, 1.54) is 0 Å². The Kier molecular flexibility index (Phi) is 4.42. The summed E-state index contributed by atoms with van der Waals surface area (Å²) in [6, 6.07) is 13.0. The fourth-order valence-corrected chi connectivity index (χ4v) is 2.09. The van der Waals surface area contributed by atoms with Crippen molar-refractivity contribution in [3.8, 4) is 11.5 Å². The van der Waals surface area contributed by atoms with Gasteiger partial charge in [-0.1, -0.05) is 12.1 Å². The Balaban J connectivity index is 1.62. The van der Waals surface area contributed by atoms with Crippen LogP contribution in [-0.2, 0) is 11.4 Å². The second-order valence-electron chi connectivity index (χ2n) is 4.92. The van der Waals surface area contributed by atoms with Crippen molar-refractivity contribution in [3.63, 3.8) is 0 Å². The van der Waals surface area contributed by atoms with Gasteiger partial charge >= 0.3 is 0 Å². The molecule has 118 valence electrons. The minimum atomic E-state index is -0.180. The van der Waals surface area contributed by atoms with E-state index in [9.17, 15) is 4.79 Å². The average Bonchev–Trinajstić information content (AvgIpc) is 3.01. The Morgan fingerprint density at radius 1 is 1.17 bits per heavy atom. The number of carbonyl (C=O) groups is 1. The van der Waals surface area contributed by atoms with Crippen molar-refractivity contribution in [1.82, 2.24) is 14.7 Å². The van der Waals surface area contributed by atoms with Gasteiger partial charge < -0.3 is 19.2 Å². The van der Waals surface area contributed by atoms with Crippen LogP contribution in [0, 0.1) is 0 Å². The number of hydrogen-bond donors (Lipinski definition) is 1. The Morgan fingerprint density at radius 3 is 2.78 bits per heavy atom. The van der Waals surface area contributed by atoms with Gasteiger partial charge in [-0.25, -0.2) is 4.98 Å². The Bertz CT molecular complexity index is 780. The van der Waals surface area contributed by atoms with Crippen LogP contribution in [-0.4, -0.2) is 28.9 Å². The van der Waals surface area contributed by atoms with Crippen LogP contribution in [0.4, 0.5) is 0 Å². The molecule has 0 saturated heterocycles. The van der Waals surface area contributed by atoms with Gasteiger partial charge in [-0.2, -0.15) is 0 Å². The van der Waals surface area contributed by atoms with Crippen molar-refractivity contribution in [2.45, 2.75) is 6.61 Å². The quantitative estimate of drug-likeness (QED) is 0.756. The number of pyridine rings is 1. The predicted molar refractivity (Wildman–Crippen MR) is 85.5 cm³/mol. The van der Waals surface area contributed by atoms with E-state index in [0.29, 0.717) is 18.1 Å². The molecule has 0 atom stereocenters. The van der Waals surface area contributed by atoms with E-state index in [4.69, 9.17) is 9.47 Å². The Hall–Kier alpha value is -3.02. The van der Waals surface area contributed by atoms with Gasteiger partial charge in [-0.3, -0.25) is 4.79 Å². The number of aromatic nitrogens is 2. The molecule has 3 rings (SSSR count). The van der Waals surface area contributed by atoms with Crippen LogP contribution in [0.3, 0.4) is 0 Å². The maximum atomic E-state index is 11.2. The maximum absolute atomic E-state index is 11.2. The van der Waals surface area contributed by atoms with Gasteiger partial charge in [0.1, 0.15) is 23.8 Å². The molecule has 6 heteroatoms. The van der Waals surface area contributed by atoms with Gasteiger partial charge in [0.25, 0.3) is 5.91 Å². The first-order chi connectivity index (χ1) is 11.2. The molecule has 1 aromatic carbocycles. The molecule has 0 aliphatic carbocycles. The molecule has 0 spiro atoms. The van der Waals surface area contributed by atoms with Crippen LogP contribution in [0.15, 0.2) is 54.9 Å². The Morgan fingerprint density at radius 2 is 2.00 bits per heavy atom. The van der Waals surface area contributed by atoms with Gasteiger partial charge in [0.05, 0.1) is 5.69 Å². The lowest BCUT2D eigenvalue weighted by atomic mass is 10.3. The van der Waals surface area contributed by atoms with Crippen LogP contribution >= 0.6 is 0 Å². The van der Waals surface area contributed by atoms with Crippen LogP contribution < -0.4 is 14.8 Å². The summed E-state index contributed by atoms with van der Waals surface area (Å²) in [5.74, 6) is 1.07. The largest absolute Gasteiger partial charge is 0.487 e. The maximum Gasteiger partial charge on any atom is 0.257 e. The van der Waals surface area contributed by atoms with Crippen LogP contribution in [0.2, 0.25) is 0 Å². The number of benzene rings is 1. The molecule has 0 aliphatic rings. The number of fused-ring (bicyclic) bond motifs is 1. The molecule has 0 bridgehead atoms. The SMILES string of the molecule is CNC(=O)COc1cccc(OCc2cn3ccccc3n2)c1. The molecule has 0 saturated carbocycles. The lowest BCUT2D eigenvalue weighted by Crippen LogP contribution is -2.24. The van der Waals surface area contributed by atoms with Crippen LogP contribution in [0.1, 0.15) is 5.69 Å². The number of amides is 1. The van der Waals surface area contributed by atoms with Gasteiger partial charge in [-0.15, -0.1) is 0 Å². The van der Waals surface area contributed by atoms with Gasteiger partial charge in [-0.05, 0) is 24.3 Å². The van der Waals surface area contributed by atoms with Gasteiger partial charge in [0.2, 0.25) is 0 Å². The number of nitrogens with zero attached hydrogens (tertiary/aromatic N) is 2. The molecular weight excluding hydrogens is 294 g/mol. The summed E-state index contributed by atoms with van der Waals surface area (Å²) in [4.78, 5) is 15.7. The minimum Gasteiger partial charge on any atom is -0.487 e. The van der Waals surface area contributed by atoms with E-state index >= 15 is 0 Å². The van der Waals surface area contributed by atoms with Crippen LogP contribution in [0.25, 0.3) is 5.65 Å². The summed E-state index contributed by atoms with van der Waals surface area (Å²) >= 11 is 0. The first-order valence-electron chi connectivity index (χ1n) is 7.23. The minimum absolute atomic E-state index is 0.0214. The molecular formula is C17H17N3O3. The van der Waals surface area contributed by atoms with E-state index < -0.39 is 0 Å². The number of hydrogen-bond acceptors (Lipinski definition) is 4. The molecule has 0 aliphatic heterocycles. The molecule has 3 aromatic rings. The zero-order valence-electron chi connectivity index (χ0n) is 12.7. The third kappa shape index (κ3) is 3.79. The molecule has 0 fully saturated rings. The number of rotatable bonds is 6. The monoisotopic (exact) mass is 311 g/mol. The first-order valence-corrected chi connectivity index (χ1v) is 7.23. The van der Waals surface area contributed by atoms with E-state index in [-0.39, 0.29) is 12.5 Å². The predicted octanol–water partition coefficient (Wildman–Crippen LogP) is 2.04. The number of carbonyl (C=O) groups excluding carboxylic acids is 1. The molecule has 1 amide bonds. The first kappa shape index (κ1) is 14.9. The highest BCUT2D eigenvalue weighted by Gasteiger charge is 2.04. The van der Waals surface area contributed by atoms with E-state index in [1.54, 1.807) is 19.2 Å². The van der Waals surface area contributed by atoms with Crippen molar-refractivity contribution < 1.29 is 14.3 Å². The lowest BCUT2D eigenvalue weighted by Gasteiger charge is -2.08. The topological polar surface area (TPSA) is 64.9 Å². The second-order valence-corrected chi connectivity index (χ2v) is 4.92. The molecule has 2 aromatic heterocycles. The lowest BCUT2D eigenvalue weighted by molar-refractivity contribution is -0.122. The molecule has 1 N–H and O–H groups in total. The van der Waals surface area contributed by atoms with Crippen molar-refractivity contribution >= 4 is 11.6 Å². The molecule has 0 unspecified atom stereocenters. The van der Waals surface area contributed by atoms with E-state index in [2.05, 4.69) is 10.3 Å². The van der Waals surface area contributed by atoms with Gasteiger partial charge in [0.15, 0.2) is 6.61 Å². The zero-order valence-corrected chi connectivity index (χ0v) is 12.7. The summed E-state index contributed by atoms with van der Waals surface area (Å²) in [6.45, 7) is 0.340. The number of likely N-dealkylation sites (N-methyl/N-ethyl adjacent to an activating group) is 1. The molecule has 6 nitrogen and oxygen atoms in total. The van der Waals surface area contributed by atoms with Gasteiger partial charge in [0, 0.05) is 25.5 Å². The molecule has 23 heavy (non-hydrogen) atoms. The zero-order chi connectivity index (χ0) is 16.1. The van der Waals surface area contributed by atoms with Crippen molar-refractivity contribution in [2.75, 3.05) is 13.7 Å². The smallest absolute Gasteiger partial charge is 0.257 e. The fraction of sp³-hybridized carbons (Fsp3) is 0.176. The highest BCUT2D eigenvalue weighted by atomic mass is 16.5. The van der Waals surface area contributed by atoms with Crippen molar-refractivity contribution in [1.29, 1.82) is 0 Å². The van der Waals surface area contributed by atoms with E-state index in [1.807, 2.05) is 47.1 Å². The number of imidazole rings is 1. The Labute approximate surface area is 133 Å². The van der Waals surface area contributed by atoms with Crippen molar-refractivity contribution in [3.05, 3.63) is 60.6 Å². The summed E-state index contributed by atoms with van der Waals surface area (Å²) in [6.07, 6.45) is 3.88. The normalized spacial score (nSPS) is 10.5. The fourth-order valence-electron chi connectivity index (χ4n) is 2.09.